The van der Waals surface area contributed by atoms with Crippen LogP contribution in [0, 0.1) is 0 Å². The van der Waals surface area contributed by atoms with E-state index in [2.05, 4.69) is 50.2 Å². The zero-order valence-electron chi connectivity index (χ0n) is 21.8. The molecule has 1 aliphatic carbocycles. The van der Waals surface area contributed by atoms with Crippen molar-refractivity contribution in [3.05, 3.63) is 71.6 Å². The summed E-state index contributed by atoms with van der Waals surface area (Å²) in [5.74, 6) is 0.707. The SMILES string of the molecule is C[C@H](Nc1nccc(N2C=NC3(C)C=C(N4CC5CCCN5C45CO5)C=CC23)n1)c1cccc(C(F)(F)F)c1. The van der Waals surface area contributed by atoms with E-state index in [4.69, 9.17) is 9.73 Å². The Balaban J connectivity index is 1.08. The maximum absolute atomic E-state index is 13.2. The molecule has 7 rings (SSSR count). The maximum atomic E-state index is 13.2. The van der Waals surface area contributed by atoms with Crippen LogP contribution in [0.4, 0.5) is 24.9 Å². The van der Waals surface area contributed by atoms with E-state index in [0.29, 0.717) is 23.4 Å². The number of alkyl halides is 3. The Morgan fingerprint density at radius 3 is 2.87 bits per heavy atom. The number of anilines is 2. The summed E-state index contributed by atoms with van der Waals surface area (Å²) in [4.78, 5) is 20.8. The lowest BCUT2D eigenvalue weighted by Crippen LogP contribution is -2.46. The normalized spacial score (nSPS) is 32.0. The van der Waals surface area contributed by atoms with E-state index in [-0.39, 0.29) is 11.9 Å². The molecule has 204 valence electrons. The first kappa shape index (κ1) is 24.6. The van der Waals surface area contributed by atoms with Crippen LogP contribution in [0.2, 0.25) is 0 Å². The molecule has 5 atom stereocenters. The van der Waals surface area contributed by atoms with Crippen molar-refractivity contribution in [3.8, 4) is 0 Å². The summed E-state index contributed by atoms with van der Waals surface area (Å²) in [6.07, 6.45) is 8.06. The van der Waals surface area contributed by atoms with Crippen molar-refractivity contribution in [1.29, 1.82) is 0 Å². The Morgan fingerprint density at radius 2 is 2.08 bits per heavy atom. The minimum absolute atomic E-state index is 0.0663. The van der Waals surface area contributed by atoms with Crippen LogP contribution >= 0.6 is 0 Å². The quantitative estimate of drug-likeness (QED) is 0.561. The van der Waals surface area contributed by atoms with Crippen molar-refractivity contribution >= 4 is 18.1 Å². The van der Waals surface area contributed by atoms with Gasteiger partial charge in [-0.15, -0.1) is 0 Å². The molecule has 3 saturated heterocycles. The third-order valence-corrected chi connectivity index (χ3v) is 8.57. The number of epoxide rings is 1. The van der Waals surface area contributed by atoms with Crippen molar-refractivity contribution in [2.75, 3.05) is 29.9 Å². The number of nitrogens with zero attached hydrogens (tertiary/aromatic N) is 6. The van der Waals surface area contributed by atoms with Crippen LogP contribution in [0.15, 0.2) is 65.4 Å². The fourth-order valence-electron chi connectivity index (χ4n) is 6.44. The van der Waals surface area contributed by atoms with Gasteiger partial charge in [0.15, 0.2) is 0 Å². The molecule has 1 N–H and O–H groups in total. The lowest BCUT2D eigenvalue weighted by molar-refractivity contribution is -0.137. The minimum Gasteiger partial charge on any atom is -0.348 e. The molecule has 5 heterocycles. The van der Waals surface area contributed by atoms with Crippen molar-refractivity contribution < 1.29 is 17.9 Å². The predicted molar refractivity (Wildman–Crippen MR) is 141 cm³/mol. The van der Waals surface area contributed by atoms with Crippen LogP contribution in [-0.2, 0) is 10.9 Å². The van der Waals surface area contributed by atoms with Gasteiger partial charge < -0.3 is 19.9 Å². The van der Waals surface area contributed by atoms with E-state index in [1.165, 1.54) is 18.9 Å². The topological polar surface area (TPSA) is 72.4 Å². The van der Waals surface area contributed by atoms with Crippen molar-refractivity contribution in [3.63, 3.8) is 0 Å². The van der Waals surface area contributed by atoms with E-state index < -0.39 is 23.3 Å². The highest BCUT2D eigenvalue weighted by atomic mass is 19.4. The second-order valence-corrected chi connectivity index (χ2v) is 11.1. The fourth-order valence-corrected chi connectivity index (χ4v) is 6.44. The number of benzene rings is 1. The third-order valence-electron chi connectivity index (χ3n) is 8.57. The highest BCUT2D eigenvalue weighted by Crippen LogP contribution is 2.49. The second kappa shape index (κ2) is 8.53. The number of aliphatic imine (C=N–C) groups is 1. The summed E-state index contributed by atoms with van der Waals surface area (Å²) in [5, 5.41) is 3.15. The lowest BCUT2D eigenvalue weighted by Gasteiger charge is -2.36. The Labute approximate surface area is 224 Å². The van der Waals surface area contributed by atoms with Gasteiger partial charge in [0.2, 0.25) is 11.8 Å². The van der Waals surface area contributed by atoms with Crippen LogP contribution < -0.4 is 10.2 Å². The van der Waals surface area contributed by atoms with Gasteiger partial charge in [0.1, 0.15) is 18.0 Å². The zero-order valence-corrected chi connectivity index (χ0v) is 21.8. The van der Waals surface area contributed by atoms with Gasteiger partial charge >= 0.3 is 6.18 Å². The van der Waals surface area contributed by atoms with Gasteiger partial charge in [-0.25, -0.2) is 4.98 Å². The number of allylic oxidation sites excluding steroid dienone is 1. The van der Waals surface area contributed by atoms with Gasteiger partial charge in [-0.1, -0.05) is 18.2 Å². The maximum Gasteiger partial charge on any atom is 0.416 e. The van der Waals surface area contributed by atoms with Crippen molar-refractivity contribution in [2.24, 2.45) is 4.99 Å². The smallest absolute Gasteiger partial charge is 0.348 e. The van der Waals surface area contributed by atoms with E-state index >= 15 is 0 Å². The summed E-state index contributed by atoms with van der Waals surface area (Å²) in [6.45, 7) is 6.69. The number of aromatic nitrogens is 2. The molecule has 0 bridgehead atoms. The average Bonchev–Trinajstić information content (AvgIpc) is 3.28. The summed E-state index contributed by atoms with van der Waals surface area (Å²) in [5.41, 5.74) is 0.485. The van der Waals surface area contributed by atoms with Crippen molar-refractivity contribution in [1.82, 2.24) is 19.8 Å². The monoisotopic (exact) mass is 537 g/mol. The molecule has 3 fully saturated rings. The van der Waals surface area contributed by atoms with E-state index in [1.807, 2.05) is 17.3 Å². The van der Waals surface area contributed by atoms with Crippen LogP contribution in [-0.4, -0.2) is 69.3 Å². The first-order valence-corrected chi connectivity index (χ1v) is 13.4. The molecular formula is C28H30F3N7O. The molecule has 0 saturated carbocycles. The van der Waals surface area contributed by atoms with E-state index in [0.717, 1.165) is 37.5 Å². The Kier molecular flexibility index (Phi) is 5.38. The molecule has 4 unspecified atom stereocenters. The predicted octanol–water partition coefficient (Wildman–Crippen LogP) is 4.56. The number of ether oxygens (including phenoxy) is 1. The molecule has 2 aromatic rings. The van der Waals surface area contributed by atoms with Gasteiger partial charge in [0, 0.05) is 31.0 Å². The van der Waals surface area contributed by atoms with Gasteiger partial charge in [-0.05, 0) is 62.6 Å². The van der Waals surface area contributed by atoms with Gasteiger partial charge in [0.25, 0.3) is 0 Å². The molecule has 1 aromatic carbocycles. The number of nitrogens with one attached hydrogen (secondary N) is 1. The summed E-state index contributed by atoms with van der Waals surface area (Å²) >= 11 is 0. The van der Waals surface area contributed by atoms with E-state index in [9.17, 15) is 13.2 Å². The molecule has 5 aliphatic rings. The number of fused-ring (bicyclic) bond motifs is 3. The Bertz CT molecular complexity index is 1390. The highest BCUT2D eigenvalue weighted by molar-refractivity contribution is 5.83. The number of hydrogen-bond donors (Lipinski definition) is 1. The number of hydrogen-bond acceptors (Lipinski definition) is 8. The van der Waals surface area contributed by atoms with Gasteiger partial charge in [0.05, 0.1) is 24.0 Å². The molecule has 0 amide bonds. The Morgan fingerprint density at radius 1 is 1.23 bits per heavy atom. The third kappa shape index (κ3) is 4.01. The summed E-state index contributed by atoms with van der Waals surface area (Å²) in [6, 6.07) is 7.16. The first-order chi connectivity index (χ1) is 18.7. The molecule has 1 aromatic heterocycles. The van der Waals surface area contributed by atoms with Crippen LogP contribution in [0.5, 0.6) is 0 Å². The standard InChI is InChI=1S/C28H30F3N7O/c1-18(19-5-3-6-20(13-19)28(29,30)31)34-25-32-11-10-24(35-25)36-17-33-26(2)14-21(8-9-23(26)36)38-15-22-7-4-12-37(22)27(38)16-39-27/h3,5-6,8-11,13-14,17-18,22-23H,4,7,12,15-16H2,1-2H3,(H,32,34,35)/t18-,22?,23?,26?,27?/m0/s1. The lowest BCUT2D eigenvalue weighted by atomic mass is 9.87. The largest absolute Gasteiger partial charge is 0.416 e. The molecule has 39 heavy (non-hydrogen) atoms. The van der Waals surface area contributed by atoms with Gasteiger partial charge in [-0.3, -0.25) is 9.89 Å². The molecule has 0 radical (unpaired) electrons. The van der Waals surface area contributed by atoms with Gasteiger partial charge in [-0.2, -0.15) is 18.2 Å². The van der Waals surface area contributed by atoms with E-state index in [1.54, 1.807) is 19.2 Å². The second-order valence-electron chi connectivity index (χ2n) is 11.1. The summed E-state index contributed by atoms with van der Waals surface area (Å²) < 4.78 is 45.5. The minimum atomic E-state index is -4.40. The molecule has 4 aliphatic heterocycles. The first-order valence-electron chi connectivity index (χ1n) is 13.4. The fraction of sp³-hybridized carbons (Fsp3) is 0.464. The zero-order chi connectivity index (χ0) is 27.0. The Hall–Kier alpha value is -3.44. The number of rotatable bonds is 5. The highest BCUT2D eigenvalue weighted by Gasteiger charge is 2.64. The van der Waals surface area contributed by atoms with Crippen LogP contribution in [0.3, 0.4) is 0 Å². The molecule has 11 heteroatoms. The molecular weight excluding hydrogens is 507 g/mol. The van der Waals surface area contributed by atoms with Crippen LogP contribution in [0.25, 0.3) is 0 Å². The molecule has 1 spiro atoms. The van der Waals surface area contributed by atoms with Crippen molar-refractivity contribution in [2.45, 2.75) is 62.4 Å². The summed E-state index contributed by atoms with van der Waals surface area (Å²) in [7, 11) is 0. The molecule has 8 nitrogen and oxygen atoms in total. The van der Waals surface area contributed by atoms with Crippen LogP contribution in [0.1, 0.15) is 43.9 Å². The average molecular weight is 538 g/mol. The number of halogens is 3.